The van der Waals surface area contributed by atoms with Crippen molar-refractivity contribution in [2.75, 3.05) is 7.11 Å². The van der Waals surface area contributed by atoms with Crippen LogP contribution in [0.4, 0.5) is 4.39 Å². The summed E-state index contributed by atoms with van der Waals surface area (Å²) in [6.45, 7) is 0. The quantitative estimate of drug-likeness (QED) is 0.644. The Labute approximate surface area is 124 Å². The number of ether oxygens (including phenoxy) is 1. The molecule has 2 aromatic rings. The van der Waals surface area contributed by atoms with Crippen LogP contribution in [0.2, 0.25) is 0 Å². The predicted molar refractivity (Wildman–Crippen MR) is 76.5 cm³/mol. The number of benzene rings is 1. The highest BCUT2D eigenvalue weighted by atomic mass is 79.9. The van der Waals surface area contributed by atoms with Crippen LogP contribution >= 0.6 is 15.9 Å². The maximum Gasteiger partial charge on any atom is 0.233 e. The minimum Gasteiger partial charge on any atom is -0.480 e. The minimum atomic E-state index is -0.290. The molecule has 1 atom stereocenters. The van der Waals surface area contributed by atoms with Gasteiger partial charge in [-0.2, -0.15) is 5.10 Å². The molecule has 0 radical (unpaired) electrons. The highest BCUT2D eigenvalue weighted by Gasteiger charge is 2.15. The van der Waals surface area contributed by atoms with Crippen LogP contribution in [0.15, 0.2) is 34.8 Å². The van der Waals surface area contributed by atoms with Crippen molar-refractivity contribution in [3.05, 3.63) is 51.9 Å². The maximum atomic E-state index is 13.1. The summed E-state index contributed by atoms with van der Waals surface area (Å²) in [5, 5.41) is 7.96. The Hall–Kier alpha value is -1.57. The molecule has 20 heavy (non-hydrogen) atoms. The number of hydrogen-bond donors (Lipinski definition) is 2. The van der Waals surface area contributed by atoms with Crippen LogP contribution in [-0.2, 0) is 6.42 Å². The summed E-state index contributed by atoms with van der Waals surface area (Å²) in [4.78, 5) is 0. The summed E-state index contributed by atoms with van der Waals surface area (Å²) < 4.78 is 18.7. The summed E-state index contributed by atoms with van der Waals surface area (Å²) in [7, 11) is 1.53. The highest BCUT2D eigenvalue weighted by molar-refractivity contribution is 9.10. The Morgan fingerprint density at radius 2 is 2.15 bits per heavy atom. The first kappa shape index (κ1) is 14.8. The van der Waals surface area contributed by atoms with Gasteiger partial charge in [0.25, 0.3) is 0 Å². The van der Waals surface area contributed by atoms with Crippen molar-refractivity contribution in [2.24, 2.45) is 5.84 Å². The lowest BCUT2D eigenvalue weighted by atomic mass is 10.0. The lowest BCUT2D eigenvalue weighted by Crippen LogP contribution is -2.30. The topological polar surface area (TPSA) is 73.1 Å². The molecule has 0 bridgehead atoms. The SMILES string of the molecule is COc1ccc(C(Cc2ccc(F)cc2Br)NN)nn1. The van der Waals surface area contributed by atoms with E-state index in [1.807, 2.05) is 0 Å². The fraction of sp³-hybridized carbons (Fsp3) is 0.231. The van der Waals surface area contributed by atoms with Crippen LogP contribution in [0.3, 0.4) is 0 Å². The van der Waals surface area contributed by atoms with Crippen LogP contribution in [-0.4, -0.2) is 17.3 Å². The molecule has 2 rings (SSSR count). The standard InChI is InChI=1S/C13H14BrFN4O/c1-20-13-5-4-11(18-19-13)12(17-16)6-8-2-3-9(15)7-10(8)14/h2-5,7,12,17H,6,16H2,1H3. The molecular weight excluding hydrogens is 327 g/mol. The smallest absolute Gasteiger partial charge is 0.233 e. The van der Waals surface area contributed by atoms with E-state index in [0.29, 0.717) is 22.5 Å². The van der Waals surface area contributed by atoms with Crippen molar-refractivity contribution >= 4 is 15.9 Å². The zero-order valence-electron chi connectivity index (χ0n) is 10.8. The van der Waals surface area contributed by atoms with Gasteiger partial charge in [0.15, 0.2) is 0 Å². The summed E-state index contributed by atoms with van der Waals surface area (Å²) in [6, 6.07) is 7.81. The van der Waals surface area contributed by atoms with Gasteiger partial charge in [0, 0.05) is 10.5 Å². The first-order valence-corrected chi connectivity index (χ1v) is 6.71. The number of hydrogen-bond acceptors (Lipinski definition) is 5. The van der Waals surface area contributed by atoms with Gasteiger partial charge in [-0.3, -0.25) is 11.3 Å². The second kappa shape index (κ2) is 6.74. The number of halogens is 2. The number of aromatic nitrogens is 2. The molecule has 0 amide bonds. The Balaban J connectivity index is 2.19. The molecule has 0 aliphatic heterocycles. The second-order valence-corrected chi connectivity index (χ2v) is 5.01. The monoisotopic (exact) mass is 340 g/mol. The Morgan fingerprint density at radius 3 is 2.70 bits per heavy atom. The molecule has 1 aromatic carbocycles. The van der Waals surface area contributed by atoms with Gasteiger partial charge in [0.1, 0.15) is 5.82 Å². The van der Waals surface area contributed by atoms with Gasteiger partial charge in [0.05, 0.1) is 18.8 Å². The molecule has 1 heterocycles. The lowest BCUT2D eigenvalue weighted by Gasteiger charge is -2.16. The third-order valence-electron chi connectivity index (χ3n) is 2.87. The number of rotatable bonds is 5. The van der Waals surface area contributed by atoms with Crippen molar-refractivity contribution < 1.29 is 9.13 Å². The van der Waals surface area contributed by atoms with Crippen LogP contribution in [0.25, 0.3) is 0 Å². The van der Waals surface area contributed by atoms with Gasteiger partial charge in [-0.05, 0) is 30.2 Å². The van der Waals surface area contributed by atoms with Gasteiger partial charge in [-0.25, -0.2) is 4.39 Å². The Morgan fingerprint density at radius 1 is 1.35 bits per heavy atom. The van der Waals surface area contributed by atoms with E-state index >= 15 is 0 Å². The molecule has 3 N–H and O–H groups in total. The number of nitrogens with two attached hydrogens (primary N) is 1. The van der Waals surface area contributed by atoms with Crippen LogP contribution < -0.4 is 16.0 Å². The molecule has 106 valence electrons. The minimum absolute atomic E-state index is 0.227. The van der Waals surface area contributed by atoms with Gasteiger partial charge in [-0.1, -0.05) is 22.0 Å². The fourth-order valence-electron chi connectivity index (χ4n) is 1.78. The number of methoxy groups -OCH3 is 1. The van der Waals surface area contributed by atoms with Crippen LogP contribution in [0, 0.1) is 5.82 Å². The molecular formula is C13H14BrFN4O. The summed E-state index contributed by atoms with van der Waals surface area (Å²) in [5.41, 5.74) is 4.30. The fourth-order valence-corrected chi connectivity index (χ4v) is 2.29. The molecule has 0 saturated carbocycles. The summed E-state index contributed by atoms with van der Waals surface area (Å²) >= 11 is 3.34. The van der Waals surface area contributed by atoms with E-state index in [1.165, 1.54) is 19.2 Å². The van der Waals surface area contributed by atoms with Crippen LogP contribution in [0.5, 0.6) is 5.88 Å². The average molecular weight is 341 g/mol. The normalized spacial score (nSPS) is 12.2. The van der Waals surface area contributed by atoms with Crippen LogP contribution in [0.1, 0.15) is 17.3 Å². The van der Waals surface area contributed by atoms with Crippen molar-refractivity contribution in [1.29, 1.82) is 0 Å². The Bertz CT molecular complexity index is 579. The molecule has 0 aliphatic carbocycles. The molecule has 1 unspecified atom stereocenters. The molecule has 0 fully saturated rings. The second-order valence-electron chi connectivity index (χ2n) is 4.16. The van der Waals surface area contributed by atoms with E-state index in [0.717, 1.165) is 5.56 Å². The van der Waals surface area contributed by atoms with E-state index in [9.17, 15) is 4.39 Å². The third-order valence-corrected chi connectivity index (χ3v) is 3.61. The summed E-state index contributed by atoms with van der Waals surface area (Å²) in [6.07, 6.45) is 0.554. The molecule has 0 spiro atoms. The number of nitrogens with zero attached hydrogens (tertiary/aromatic N) is 2. The molecule has 0 saturated heterocycles. The molecule has 7 heteroatoms. The lowest BCUT2D eigenvalue weighted by molar-refractivity contribution is 0.389. The van der Waals surface area contributed by atoms with E-state index in [4.69, 9.17) is 10.6 Å². The summed E-state index contributed by atoms with van der Waals surface area (Å²) in [5.74, 6) is 5.71. The first-order valence-electron chi connectivity index (χ1n) is 5.91. The van der Waals surface area contributed by atoms with Crippen molar-refractivity contribution in [3.8, 4) is 5.88 Å². The predicted octanol–water partition coefficient (Wildman–Crippen LogP) is 2.13. The molecule has 5 nitrogen and oxygen atoms in total. The van der Waals surface area contributed by atoms with Gasteiger partial charge < -0.3 is 4.74 Å². The molecule has 0 aliphatic rings. The first-order chi connectivity index (χ1) is 9.63. The zero-order valence-corrected chi connectivity index (χ0v) is 12.4. The van der Waals surface area contributed by atoms with Crippen molar-refractivity contribution in [3.63, 3.8) is 0 Å². The third kappa shape index (κ3) is 3.50. The van der Waals surface area contributed by atoms with E-state index in [1.54, 1.807) is 18.2 Å². The van der Waals surface area contributed by atoms with Gasteiger partial charge in [0.2, 0.25) is 5.88 Å². The van der Waals surface area contributed by atoms with Crippen molar-refractivity contribution in [2.45, 2.75) is 12.5 Å². The van der Waals surface area contributed by atoms with E-state index < -0.39 is 0 Å². The zero-order chi connectivity index (χ0) is 14.5. The molecule has 1 aromatic heterocycles. The van der Waals surface area contributed by atoms with Crippen molar-refractivity contribution in [1.82, 2.24) is 15.6 Å². The Kier molecular flexibility index (Phi) is 4.99. The van der Waals surface area contributed by atoms with Gasteiger partial charge in [-0.15, -0.1) is 5.10 Å². The number of hydrazine groups is 1. The van der Waals surface area contributed by atoms with E-state index in [2.05, 4.69) is 31.6 Å². The van der Waals surface area contributed by atoms with Gasteiger partial charge >= 0.3 is 0 Å². The maximum absolute atomic E-state index is 13.1. The largest absolute Gasteiger partial charge is 0.480 e. The average Bonchev–Trinajstić information content (AvgIpc) is 2.47. The number of nitrogens with one attached hydrogen (secondary N) is 1. The van der Waals surface area contributed by atoms with E-state index in [-0.39, 0.29) is 11.9 Å². The highest BCUT2D eigenvalue weighted by Crippen LogP contribution is 2.23.